The standard InChI is InChI=1S/C20H24N2O3/c23-15-16-10-12-22(14-16)13-11-20(24)21-17-6-8-19(9-7-17)25-18-4-2-1-3-5-18/h1-9,16,23H,10-15H2,(H,21,24). The maximum absolute atomic E-state index is 12.1. The number of aliphatic hydroxyl groups excluding tert-OH is 1. The number of hydrogen-bond acceptors (Lipinski definition) is 4. The normalized spacial score (nSPS) is 17.4. The summed E-state index contributed by atoms with van der Waals surface area (Å²) >= 11 is 0. The van der Waals surface area contributed by atoms with Gasteiger partial charge in [-0.2, -0.15) is 0 Å². The zero-order valence-electron chi connectivity index (χ0n) is 14.2. The molecule has 0 aromatic heterocycles. The molecule has 2 aromatic carbocycles. The van der Waals surface area contributed by atoms with E-state index in [0.717, 1.165) is 43.2 Å². The number of anilines is 1. The second-order valence-electron chi connectivity index (χ2n) is 6.38. The van der Waals surface area contributed by atoms with Crippen molar-refractivity contribution in [1.82, 2.24) is 4.90 Å². The van der Waals surface area contributed by atoms with Gasteiger partial charge in [0.25, 0.3) is 0 Å². The van der Waals surface area contributed by atoms with E-state index in [1.54, 1.807) is 0 Å². The lowest BCUT2D eigenvalue weighted by Gasteiger charge is -2.15. The third-order valence-corrected chi connectivity index (χ3v) is 4.40. The molecule has 1 amide bonds. The van der Waals surface area contributed by atoms with E-state index in [1.807, 2.05) is 54.6 Å². The minimum absolute atomic E-state index is 0.00387. The van der Waals surface area contributed by atoms with Crippen molar-refractivity contribution in [1.29, 1.82) is 0 Å². The van der Waals surface area contributed by atoms with Crippen molar-refractivity contribution in [3.8, 4) is 11.5 Å². The molecule has 1 atom stereocenters. The highest BCUT2D eigenvalue weighted by Crippen LogP contribution is 2.22. The highest BCUT2D eigenvalue weighted by molar-refractivity contribution is 5.90. The number of para-hydroxylation sites is 1. The molecule has 1 aliphatic heterocycles. The molecule has 1 aliphatic rings. The summed E-state index contributed by atoms with van der Waals surface area (Å²) in [6.07, 6.45) is 1.47. The second kappa shape index (κ2) is 8.65. The van der Waals surface area contributed by atoms with Gasteiger partial charge in [-0.05, 0) is 55.3 Å². The fraction of sp³-hybridized carbons (Fsp3) is 0.350. The predicted molar refractivity (Wildman–Crippen MR) is 97.8 cm³/mol. The molecule has 1 saturated heterocycles. The van der Waals surface area contributed by atoms with Gasteiger partial charge < -0.3 is 20.1 Å². The molecule has 0 saturated carbocycles. The molecule has 1 heterocycles. The summed E-state index contributed by atoms with van der Waals surface area (Å²) in [6.45, 7) is 2.82. The third kappa shape index (κ3) is 5.31. The van der Waals surface area contributed by atoms with E-state index in [0.29, 0.717) is 12.3 Å². The highest BCUT2D eigenvalue weighted by Gasteiger charge is 2.21. The first kappa shape index (κ1) is 17.5. The number of hydrogen-bond donors (Lipinski definition) is 2. The van der Waals surface area contributed by atoms with Gasteiger partial charge >= 0.3 is 0 Å². The number of carbonyl (C=O) groups excluding carboxylic acids is 1. The van der Waals surface area contributed by atoms with E-state index < -0.39 is 0 Å². The molecule has 132 valence electrons. The maximum atomic E-state index is 12.1. The number of benzene rings is 2. The Morgan fingerprint density at radius 3 is 2.52 bits per heavy atom. The molecule has 5 nitrogen and oxygen atoms in total. The largest absolute Gasteiger partial charge is 0.457 e. The van der Waals surface area contributed by atoms with Crippen LogP contribution in [0.5, 0.6) is 11.5 Å². The molecular weight excluding hydrogens is 316 g/mol. The Morgan fingerprint density at radius 1 is 1.12 bits per heavy atom. The topological polar surface area (TPSA) is 61.8 Å². The Labute approximate surface area is 148 Å². The number of amides is 1. The molecule has 2 aromatic rings. The van der Waals surface area contributed by atoms with Crippen molar-refractivity contribution in [2.75, 3.05) is 31.6 Å². The van der Waals surface area contributed by atoms with Crippen molar-refractivity contribution in [2.24, 2.45) is 5.92 Å². The molecule has 2 N–H and O–H groups in total. The predicted octanol–water partition coefficient (Wildman–Crippen LogP) is 3.12. The van der Waals surface area contributed by atoms with Crippen molar-refractivity contribution < 1.29 is 14.6 Å². The number of nitrogens with one attached hydrogen (secondary N) is 1. The first-order valence-corrected chi connectivity index (χ1v) is 8.69. The molecule has 25 heavy (non-hydrogen) atoms. The fourth-order valence-electron chi connectivity index (χ4n) is 2.98. The van der Waals surface area contributed by atoms with E-state index in [2.05, 4.69) is 10.2 Å². The average molecular weight is 340 g/mol. The number of likely N-dealkylation sites (tertiary alicyclic amines) is 1. The van der Waals surface area contributed by atoms with Gasteiger partial charge in [0.1, 0.15) is 11.5 Å². The zero-order chi connectivity index (χ0) is 17.5. The van der Waals surface area contributed by atoms with E-state index in [9.17, 15) is 4.79 Å². The summed E-state index contributed by atoms with van der Waals surface area (Å²) in [5.41, 5.74) is 0.764. The van der Waals surface area contributed by atoms with Crippen LogP contribution in [0.2, 0.25) is 0 Å². The SMILES string of the molecule is O=C(CCN1CCC(CO)C1)Nc1ccc(Oc2ccccc2)cc1. The van der Waals surface area contributed by atoms with Crippen LogP contribution in [0.1, 0.15) is 12.8 Å². The lowest BCUT2D eigenvalue weighted by atomic mass is 10.1. The van der Waals surface area contributed by atoms with Gasteiger partial charge in [0, 0.05) is 31.8 Å². The van der Waals surface area contributed by atoms with E-state index >= 15 is 0 Å². The van der Waals surface area contributed by atoms with Crippen LogP contribution in [-0.4, -0.2) is 42.2 Å². The lowest BCUT2D eigenvalue weighted by Crippen LogP contribution is -2.26. The van der Waals surface area contributed by atoms with Crippen LogP contribution in [0.25, 0.3) is 0 Å². The smallest absolute Gasteiger partial charge is 0.225 e. The zero-order valence-corrected chi connectivity index (χ0v) is 14.2. The summed E-state index contributed by atoms with van der Waals surface area (Å²) in [4.78, 5) is 14.3. The number of rotatable bonds is 7. The van der Waals surface area contributed by atoms with Crippen LogP contribution in [-0.2, 0) is 4.79 Å². The van der Waals surface area contributed by atoms with Gasteiger partial charge in [0.2, 0.25) is 5.91 Å². The summed E-state index contributed by atoms with van der Waals surface area (Å²) < 4.78 is 5.73. The van der Waals surface area contributed by atoms with Crippen LogP contribution >= 0.6 is 0 Å². The van der Waals surface area contributed by atoms with Crippen LogP contribution in [0.4, 0.5) is 5.69 Å². The minimum atomic E-state index is 0.00387. The Morgan fingerprint density at radius 2 is 1.84 bits per heavy atom. The Balaban J connectivity index is 1.44. The second-order valence-corrected chi connectivity index (χ2v) is 6.38. The minimum Gasteiger partial charge on any atom is -0.457 e. The monoisotopic (exact) mass is 340 g/mol. The average Bonchev–Trinajstić information content (AvgIpc) is 3.11. The Kier molecular flexibility index (Phi) is 6.04. The van der Waals surface area contributed by atoms with Crippen molar-refractivity contribution in [3.63, 3.8) is 0 Å². The molecule has 3 rings (SSSR count). The first-order chi connectivity index (χ1) is 12.2. The molecule has 5 heteroatoms. The van der Waals surface area contributed by atoms with Crippen LogP contribution in [0.15, 0.2) is 54.6 Å². The number of carbonyl (C=O) groups is 1. The molecule has 0 aliphatic carbocycles. The van der Waals surface area contributed by atoms with Gasteiger partial charge in [-0.3, -0.25) is 4.79 Å². The van der Waals surface area contributed by atoms with E-state index in [1.165, 1.54) is 0 Å². The van der Waals surface area contributed by atoms with Gasteiger partial charge in [0.05, 0.1) is 0 Å². The summed E-state index contributed by atoms with van der Waals surface area (Å²) in [5, 5.41) is 12.1. The number of ether oxygens (including phenoxy) is 1. The Hall–Kier alpha value is -2.37. The molecular formula is C20H24N2O3. The van der Waals surface area contributed by atoms with Crippen LogP contribution in [0.3, 0.4) is 0 Å². The van der Waals surface area contributed by atoms with Crippen molar-refractivity contribution in [3.05, 3.63) is 54.6 Å². The van der Waals surface area contributed by atoms with Crippen LogP contribution in [0, 0.1) is 5.92 Å². The molecule has 1 fully saturated rings. The summed E-state index contributed by atoms with van der Waals surface area (Å²) in [6, 6.07) is 17.0. The molecule has 1 unspecified atom stereocenters. The number of aliphatic hydroxyl groups is 1. The lowest BCUT2D eigenvalue weighted by molar-refractivity contribution is -0.116. The van der Waals surface area contributed by atoms with E-state index in [-0.39, 0.29) is 12.5 Å². The Bertz CT molecular complexity index is 673. The highest BCUT2D eigenvalue weighted by atomic mass is 16.5. The van der Waals surface area contributed by atoms with E-state index in [4.69, 9.17) is 9.84 Å². The summed E-state index contributed by atoms with van der Waals surface area (Å²) in [7, 11) is 0. The van der Waals surface area contributed by atoms with Crippen molar-refractivity contribution >= 4 is 11.6 Å². The first-order valence-electron chi connectivity index (χ1n) is 8.69. The maximum Gasteiger partial charge on any atom is 0.225 e. The van der Waals surface area contributed by atoms with Gasteiger partial charge in [-0.15, -0.1) is 0 Å². The summed E-state index contributed by atoms with van der Waals surface area (Å²) in [5.74, 6) is 1.88. The van der Waals surface area contributed by atoms with Gasteiger partial charge in [-0.25, -0.2) is 0 Å². The van der Waals surface area contributed by atoms with Crippen LogP contribution < -0.4 is 10.1 Å². The fourth-order valence-corrected chi connectivity index (χ4v) is 2.98. The van der Waals surface area contributed by atoms with Gasteiger partial charge in [-0.1, -0.05) is 18.2 Å². The quantitative estimate of drug-likeness (QED) is 0.813. The van der Waals surface area contributed by atoms with Crippen molar-refractivity contribution in [2.45, 2.75) is 12.8 Å². The molecule has 0 bridgehead atoms. The van der Waals surface area contributed by atoms with Gasteiger partial charge in [0.15, 0.2) is 0 Å². The third-order valence-electron chi connectivity index (χ3n) is 4.40. The molecule has 0 radical (unpaired) electrons. The molecule has 0 spiro atoms. The number of nitrogens with zero attached hydrogens (tertiary/aromatic N) is 1.